The van der Waals surface area contributed by atoms with Crippen molar-refractivity contribution in [3.8, 4) is 0 Å². The van der Waals surface area contributed by atoms with Crippen molar-refractivity contribution in [3.63, 3.8) is 0 Å². The molecule has 4 heteroatoms. The Morgan fingerprint density at radius 1 is 1.32 bits per heavy atom. The zero-order valence-corrected chi connectivity index (χ0v) is 11.6. The normalized spacial score (nSPS) is 32.3. The van der Waals surface area contributed by atoms with Crippen LogP contribution in [0.1, 0.15) is 12.8 Å². The summed E-state index contributed by atoms with van der Waals surface area (Å²) < 4.78 is 0. The summed E-state index contributed by atoms with van der Waals surface area (Å²) in [5.41, 5.74) is 1.27. The molecule has 0 aromatic heterocycles. The summed E-state index contributed by atoms with van der Waals surface area (Å²) in [5.74, 6) is 1.71. The van der Waals surface area contributed by atoms with E-state index < -0.39 is 0 Å². The number of nitrogens with one attached hydrogen (secondary N) is 3. The minimum absolute atomic E-state index is 0.344. The van der Waals surface area contributed by atoms with E-state index in [-0.39, 0.29) is 0 Å². The number of hydrogen-bond donors (Lipinski definition) is 3. The maximum atomic E-state index is 3.52. The van der Waals surface area contributed by atoms with Gasteiger partial charge in [0, 0.05) is 24.1 Å². The molecule has 3 aliphatic rings. The summed E-state index contributed by atoms with van der Waals surface area (Å²) in [4.78, 5) is 2.24. The van der Waals surface area contributed by atoms with Crippen LogP contribution in [-0.2, 0) is 0 Å². The Balaban J connectivity index is 1.60. The number of hydrogen-bond acceptors (Lipinski definition) is 4. The Labute approximate surface area is 114 Å². The van der Waals surface area contributed by atoms with E-state index in [4.69, 9.17) is 0 Å². The van der Waals surface area contributed by atoms with Crippen molar-refractivity contribution >= 4 is 0 Å². The number of fused-ring (bicyclic) bond motifs is 1. The van der Waals surface area contributed by atoms with Crippen molar-refractivity contribution < 1.29 is 0 Å². The summed E-state index contributed by atoms with van der Waals surface area (Å²) in [6.45, 7) is 0. The molecule has 0 bridgehead atoms. The largest absolute Gasteiger partial charge is 0.371 e. The molecule has 3 atom stereocenters. The van der Waals surface area contributed by atoms with E-state index in [0.29, 0.717) is 18.1 Å². The first-order valence-corrected chi connectivity index (χ1v) is 6.92. The van der Waals surface area contributed by atoms with Crippen LogP contribution in [0.3, 0.4) is 0 Å². The third-order valence-corrected chi connectivity index (χ3v) is 3.97. The molecule has 0 saturated carbocycles. The van der Waals surface area contributed by atoms with E-state index >= 15 is 0 Å². The first kappa shape index (κ1) is 12.4. The molecule has 0 spiro atoms. The fraction of sp³-hybridized carbons (Fsp3) is 0.467. The highest BCUT2D eigenvalue weighted by atomic mass is 15.2. The van der Waals surface area contributed by atoms with E-state index in [2.05, 4.69) is 65.3 Å². The van der Waals surface area contributed by atoms with Gasteiger partial charge in [-0.25, -0.2) is 0 Å². The van der Waals surface area contributed by atoms with Gasteiger partial charge in [-0.2, -0.15) is 0 Å². The molecule has 2 aliphatic heterocycles. The van der Waals surface area contributed by atoms with Crippen LogP contribution in [0, 0.1) is 5.92 Å². The summed E-state index contributed by atoms with van der Waals surface area (Å²) in [5, 5.41) is 10.4. The average molecular weight is 258 g/mol. The molecule has 19 heavy (non-hydrogen) atoms. The lowest BCUT2D eigenvalue weighted by Gasteiger charge is -2.31. The number of nitrogens with zero attached hydrogens (tertiary/aromatic N) is 1. The summed E-state index contributed by atoms with van der Waals surface area (Å²) in [6.07, 6.45) is 15.5. The van der Waals surface area contributed by atoms with Crippen LogP contribution in [0.2, 0.25) is 0 Å². The molecule has 2 heterocycles. The van der Waals surface area contributed by atoms with Crippen LogP contribution in [0.5, 0.6) is 0 Å². The number of likely N-dealkylation sites (N-methyl/N-ethyl adjacent to an activating group) is 1. The zero-order valence-electron chi connectivity index (χ0n) is 11.6. The average Bonchev–Trinajstić information content (AvgIpc) is 2.86. The van der Waals surface area contributed by atoms with Crippen LogP contribution < -0.4 is 16.0 Å². The van der Waals surface area contributed by atoms with Gasteiger partial charge in [-0.05, 0) is 38.9 Å². The van der Waals surface area contributed by atoms with Crippen LogP contribution in [0.15, 0.2) is 48.1 Å². The van der Waals surface area contributed by atoms with Gasteiger partial charge < -0.3 is 20.9 Å². The van der Waals surface area contributed by atoms with Crippen molar-refractivity contribution in [2.75, 3.05) is 14.1 Å². The lowest BCUT2D eigenvalue weighted by atomic mass is 10.0. The molecule has 102 valence electrons. The monoisotopic (exact) mass is 258 g/mol. The number of allylic oxidation sites excluding steroid dienone is 3. The lowest BCUT2D eigenvalue weighted by molar-refractivity contribution is 0.334. The molecule has 0 radical (unpaired) electrons. The van der Waals surface area contributed by atoms with E-state index in [1.54, 1.807) is 0 Å². The van der Waals surface area contributed by atoms with Gasteiger partial charge in [-0.3, -0.25) is 0 Å². The van der Waals surface area contributed by atoms with E-state index in [1.165, 1.54) is 5.70 Å². The Hall–Kier alpha value is -1.68. The minimum Gasteiger partial charge on any atom is -0.371 e. The Morgan fingerprint density at radius 2 is 2.21 bits per heavy atom. The SMILES string of the molecule is CN(C)C1C=CC=C(NC2=CC[C@@H]3C=CNC3N2)C1. The van der Waals surface area contributed by atoms with Gasteiger partial charge in [0.05, 0.1) is 0 Å². The summed E-state index contributed by atoms with van der Waals surface area (Å²) in [7, 11) is 4.24. The second-order valence-electron chi connectivity index (χ2n) is 5.60. The highest BCUT2D eigenvalue weighted by molar-refractivity contribution is 5.25. The fourth-order valence-corrected chi connectivity index (χ4v) is 2.73. The van der Waals surface area contributed by atoms with E-state index in [1.807, 2.05) is 6.20 Å². The van der Waals surface area contributed by atoms with Gasteiger partial charge in [-0.1, -0.05) is 18.2 Å². The third-order valence-electron chi connectivity index (χ3n) is 3.97. The predicted molar refractivity (Wildman–Crippen MR) is 77.8 cm³/mol. The summed E-state index contributed by atoms with van der Waals surface area (Å²) >= 11 is 0. The van der Waals surface area contributed by atoms with Crippen molar-refractivity contribution in [2.24, 2.45) is 5.92 Å². The Morgan fingerprint density at radius 3 is 3.05 bits per heavy atom. The predicted octanol–water partition coefficient (Wildman–Crippen LogP) is 1.24. The van der Waals surface area contributed by atoms with Crippen LogP contribution in [-0.4, -0.2) is 31.2 Å². The van der Waals surface area contributed by atoms with Gasteiger partial charge in [0.25, 0.3) is 0 Å². The molecule has 1 aliphatic carbocycles. The van der Waals surface area contributed by atoms with Crippen LogP contribution in [0.4, 0.5) is 0 Å². The molecule has 3 N–H and O–H groups in total. The van der Waals surface area contributed by atoms with Gasteiger partial charge in [-0.15, -0.1) is 0 Å². The molecule has 0 saturated heterocycles. The van der Waals surface area contributed by atoms with Gasteiger partial charge in [0.15, 0.2) is 0 Å². The first-order valence-electron chi connectivity index (χ1n) is 6.92. The lowest BCUT2D eigenvalue weighted by Crippen LogP contribution is -2.46. The maximum Gasteiger partial charge on any atom is 0.104 e. The molecule has 0 fully saturated rings. The van der Waals surface area contributed by atoms with Gasteiger partial charge in [0.2, 0.25) is 0 Å². The Kier molecular flexibility index (Phi) is 3.34. The minimum atomic E-state index is 0.344. The molecule has 0 aromatic carbocycles. The van der Waals surface area contributed by atoms with Gasteiger partial charge >= 0.3 is 0 Å². The quantitative estimate of drug-likeness (QED) is 0.712. The second-order valence-corrected chi connectivity index (χ2v) is 5.60. The highest BCUT2D eigenvalue weighted by Crippen LogP contribution is 2.21. The summed E-state index contributed by atoms with van der Waals surface area (Å²) in [6, 6.07) is 0.482. The molecule has 0 aromatic rings. The number of rotatable bonds is 3. The first-order chi connectivity index (χ1) is 9.22. The van der Waals surface area contributed by atoms with Crippen molar-refractivity contribution in [2.45, 2.75) is 25.0 Å². The van der Waals surface area contributed by atoms with E-state index in [9.17, 15) is 0 Å². The molecule has 4 nitrogen and oxygen atoms in total. The smallest absolute Gasteiger partial charge is 0.104 e. The molecule has 2 unspecified atom stereocenters. The Bertz CT molecular complexity index is 459. The van der Waals surface area contributed by atoms with Crippen LogP contribution in [0.25, 0.3) is 0 Å². The topological polar surface area (TPSA) is 39.3 Å². The van der Waals surface area contributed by atoms with Crippen LogP contribution >= 0.6 is 0 Å². The van der Waals surface area contributed by atoms with E-state index in [0.717, 1.165) is 18.7 Å². The van der Waals surface area contributed by atoms with Crippen molar-refractivity contribution in [3.05, 3.63) is 48.1 Å². The standard InChI is InChI=1S/C15H22N4/c1-19(2)13-5-3-4-12(10-13)17-14-7-6-11-8-9-16-15(11)18-14/h3-5,7-9,11,13,15-18H,6,10H2,1-2H3/t11-,13?,15?/m1/s1. The highest BCUT2D eigenvalue weighted by Gasteiger charge is 2.26. The fourth-order valence-electron chi connectivity index (χ4n) is 2.73. The van der Waals surface area contributed by atoms with Gasteiger partial charge in [0.1, 0.15) is 12.0 Å². The zero-order chi connectivity index (χ0) is 13.2. The van der Waals surface area contributed by atoms with Crippen molar-refractivity contribution in [1.82, 2.24) is 20.9 Å². The molecule has 3 rings (SSSR count). The molecular formula is C15H22N4. The third kappa shape index (κ3) is 2.68. The second kappa shape index (κ2) is 5.13. The molecule has 0 amide bonds. The van der Waals surface area contributed by atoms with Crippen molar-refractivity contribution in [1.29, 1.82) is 0 Å². The molecular weight excluding hydrogens is 236 g/mol. The maximum absolute atomic E-state index is 3.52.